The Labute approximate surface area is 243 Å². The number of benzene rings is 1. The summed E-state index contributed by atoms with van der Waals surface area (Å²) in [7, 11) is 1.62. The molecule has 0 spiro atoms. The van der Waals surface area contributed by atoms with E-state index >= 15 is 0 Å². The van der Waals surface area contributed by atoms with Crippen LogP contribution < -0.4 is 10.1 Å². The number of carbonyl (C=O) groups excluding carboxylic acids is 2. The highest BCUT2D eigenvalue weighted by molar-refractivity contribution is 7.78. The van der Waals surface area contributed by atoms with E-state index in [0.717, 1.165) is 42.9 Å². The monoisotopic (exact) mass is 571 g/mol. The van der Waals surface area contributed by atoms with Crippen LogP contribution in [0.5, 0.6) is 5.75 Å². The van der Waals surface area contributed by atoms with E-state index in [2.05, 4.69) is 35.0 Å². The number of thiol groups is 1. The Balaban J connectivity index is 1.45. The largest absolute Gasteiger partial charge is 0.497 e. The van der Waals surface area contributed by atoms with E-state index < -0.39 is 12.1 Å². The molecule has 1 aliphatic heterocycles. The number of urea groups is 1. The summed E-state index contributed by atoms with van der Waals surface area (Å²) in [6, 6.07) is 6.45. The zero-order chi connectivity index (χ0) is 28.4. The van der Waals surface area contributed by atoms with Gasteiger partial charge in [-0.3, -0.25) is 9.10 Å². The Morgan fingerprint density at radius 3 is 2.55 bits per heavy atom. The number of likely N-dealkylation sites (tertiary alicyclic amines) is 1. The molecule has 1 aromatic carbocycles. The van der Waals surface area contributed by atoms with Gasteiger partial charge in [0.1, 0.15) is 11.8 Å². The van der Waals surface area contributed by atoms with Gasteiger partial charge in [0.15, 0.2) is 0 Å². The van der Waals surface area contributed by atoms with Gasteiger partial charge >= 0.3 is 6.03 Å². The van der Waals surface area contributed by atoms with Crippen LogP contribution in [0.4, 0.5) is 4.79 Å². The first kappa shape index (κ1) is 30.2. The molecule has 40 heavy (non-hydrogen) atoms. The molecule has 10 heteroatoms. The molecular weight excluding hydrogens is 526 g/mol. The fourth-order valence-corrected chi connectivity index (χ4v) is 6.38. The summed E-state index contributed by atoms with van der Waals surface area (Å²) in [4.78, 5) is 36.1. The van der Waals surface area contributed by atoms with E-state index in [0.29, 0.717) is 38.4 Å². The lowest BCUT2D eigenvalue weighted by atomic mass is 9.72. The van der Waals surface area contributed by atoms with E-state index in [1.165, 1.54) is 36.4 Å². The SMILES string of the molecule is CCCOC1(C2CCCCC2)CCN(C(=O)C(Cc2ccc(OC)cc2)N(S)C(=O)NCCc2c[nH]cn2)CC1. The molecule has 1 saturated carbocycles. The standard InChI is InChI=1S/C30H45N5O4S/c1-3-19-39-30(24-7-5-4-6-8-24)14-17-34(18-15-30)28(36)27(20-23-9-11-26(38-2)12-10-23)35(40)29(37)32-16-13-25-21-31-22-33-25/h9-12,21-22,24,27,40H,3-8,13-20H2,1-2H3,(H,31,33)(H,32,37). The minimum atomic E-state index is -0.749. The number of rotatable bonds is 12. The minimum absolute atomic E-state index is 0.0824. The van der Waals surface area contributed by atoms with E-state index in [1.807, 2.05) is 29.2 Å². The van der Waals surface area contributed by atoms with Gasteiger partial charge in [0, 0.05) is 45.3 Å². The third kappa shape index (κ3) is 7.72. The summed E-state index contributed by atoms with van der Waals surface area (Å²) in [6.07, 6.45) is 13.3. The second-order valence-electron chi connectivity index (χ2n) is 11.0. The number of amides is 3. The Kier molecular flexibility index (Phi) is 11.2. The first-order valence-corrected chi connectivity index (χ1v) is 15.1. The number of H-pyrrole nitrogens is 1. The molecule has 1 aromatic heterocycles. The molecule has 9 nitrogen and oxygen atoms in total. The minimum Gasteiger partial charge on any atom is -0.497 e. The van der Waals surface area contributed by atoms with Crippen LogP contribution in [0.3, 0.4) is 0 Å². The number of ether oxygens (including phenoxy) is 2. The van der Waals surface area contributed by atoms with Crippen molar-refractivity contribution in [3.8, 4) is 5.75 Å². The maximum absolute atomic E-state index is 14.0. The van der Waals surface area contributed by atoms with Gasteiger partial charge in [-0.15, -0.1) is 0 Å². The molecule has 0 radical (unpaired) electrons. The van der Waals surface area contributed by atoms with Gasteiger partial charge in [0.2, 0.25) is 5.91 Å². The van der Waals surface area contributed by atoms with E-state index in [-0.39, 0.29) is 11.5 Å². The molecule has 4 rings (SSSR count). The average molecular weight is 572 g/mol. The number of aromatic amines is 1. The number of hydrogen-bond donors (Lipinski definition) is 3. The molecule has 1 unspecified atom stereocenters. The van der Waals surface area contributed by atoms with Crippen molar-refractivity contribution in [2.75, 3.05) is 33.4 Å². The third-order valence-electron chi connectivity index (χ3n) is 8.45. The molecule has 2 N–H and O–H groups in total. The Morgan fingerprint density at radius 2 is 1.93 bits per heavy atom. The van der Waals surface area contributed by atoms with Gasteiger partial charge in [-0.1, -0.05) is 51.1 Å². The molecule has 2 heterocycles. The zero-order valence-corrected chi connectivity index (χ0v) is 24.8. The summed E-state index contributed by atoms with van der Waals surface area (Å²) in [6.45, 7) is 4.55. The number of hydrogen-bond acceptors (Lipinski definition) is 6. The van der Waals surface area contributed by atoms with Crippen molar-refractivity contribution in [2.24, 2.45) is 5.92 Å². The molecule has 2 aliphatic rings. The fourth-order valence-electron chi connectivity index (χ4n) is 6.13. The number of carbonyl (C=O) groups is 2. The highest BCUT2D eigenvalue weighted by Gasteiger charge is 2.44. The van der Waals surface area contributed by atoms with Gasteiger partial charge in [-0.2, -0.15) is 0 Å². The van der Waals surface area contributed by atoms with Crippen LogP contribution in [0.25, 0.3) is 0 Å². The number of imidazole rings is 1. The predicted octanol–water partition coefficient (Wildman–Crippen LogP) is 4.80. The first-order chi connectivity index (χ1) is 19.5. The maximum atomic E-state index is 14.0. The van der Waals surface area contributed by atoms with Crippen molar-refractivity contribution in [1.82, 2.24) is 24.5 Å². The predicted molar refractivity (Wildman–Crippen MR) is 158 cm³/mol. The summed E-state index contributed by atoms with van der Waals surface area (Å²) < 4.78 is 13.1. The van der Waals surface area contributed by atoms with Crippen LogP contribution in [0, 0.1) is 5.92 Å². The third-order valence-corrected chi connectivity index (χ3v) is 8.91. The van der Waals surface area contributed by atoms with E-state index in [1.54, 1.807) is 19.6 Å². The molecule has 1 saturated heterocycles. The van der Waals surface area contributed by atoms with Crippen LogP contribution in [0.2, 0.25) is 0 Å². The van der Waals surface area contributed by atoms with Gasteiger partial charge in [0.05, 0.1) is 24.7 Å². The molecule has 1 aliphatic carbocycles. The van der Waals surface area contributed by atoms with E-state index in [9.17, 15) is 9.59 Å². The molecule has 2 aromatic rings. The van der Waals surface area contributed by atoms with Crippen molar-refractivity contribution in [3.05, 3.63) is 48.0 Å². The molecule has 1 atom stereocenters. The number of nitrogens with zero attached hydrogens (tertiary/aromatic N) is 3. The number of aromatic nitrogens is 2. The number of piperidine rings is 1. The van der Waals surface area contributed by atoms with Crippen molar-refractivity contribution in [3.63, 3.8) is 0 Å². The zero-order valence-electron chi connectivity index (χ0n) is 23.9. The van der Waals surface area contributed by atoms with Gasteiger partial charge in [0.25, 0.3) is 0 Å². The maximum Gasteiger partial charge on any atom is 0.327 e. The second kappa shape index (κ2) is 14.8. The smallest absolute Gasteiger partial charge is 0.327 e. The summed E-state index contributed by atoms with van der Waals surface area (Å²) in [5.74, 6) is 1.22. The number of nitrogens with one attached hydrogen (secondary N) is 2. The van der Waals surface area contributed by atoms with Crippen molar-refractivity contribution in [1.29, 1.82) is 0 Å². The Hall–Kier alpha value is -2.72. The Bertz CT molecular complexity index is 1050. The van der Waals surface area contributed by atoms with Gasteiger partial charge in [-0.05, 0) is 55.7 Å². The number of methoxy groups -OCH3 is 1. The molecule has 220 valence electrons. The quantitative estimate of drug-likeness (QED) is 0.318. The van der Waals surface area contributed by atoms with Crippen LogP contribution in [0.1, 0.15) is 69.5 Å². The summed E-state index contributed by atoms with van der Waals surface area (Å²) >= 11 is 4.56. The van der Waals surface area contributed by atoms with Crippen molar-refractivity contribution >= 4 is 24.8 Å². The topological polar surface area (TPSA) is 99.8 Å². The first-order valence-electron chi connectivity index (χ1n) is 14.7. The molecule has 2 fully saturated rings. The highest BCUT2D eigenvalue weighted by Crippen LogP contribution is 2.42. The van der Waals surface area contributed by atoms with Crippen LogP contribution in [0.15, 0.2) is 36.8 Å². The summed E-state index contributed by atoms with van der Waals surface area (Å²) in [5.41, 5.74) is 1.64. The fraction of sp³-hybridized carbons (Fsp3) is 0.633. The van der Waals surface area contributed by atoms with Gasteiger partial charge in [-0.25, -0.2) is 9.78 Å². The highest BCUT2D eigenvalue weighted by atomic mass is 32.1. The van der Waals surface area contributed by atoms with Crippen LogP contribution in [-0.4, -0.2) is 76.1 Å². The lowest BCUT2D eigenvalue weighted by molar-refractivity contribution is -0.150. The van der Waals surface area contributed by atoms with Crippen molar-refractivity contribution < 1.29 is 19.1 Å². The van der Waals surface area contributed by atoms with Gasteiger partial charge < -0.3 is 24.7 Å². The molecular formula is C30H45N5O4S. The van der Waals surface area contributed by atoms with E-state index in [4.69, 9.17) is 9.47 Å². The lowest BCUT2D eigenvalue weighted by Crippen LogP contribution is -2.57. The average Bonchev–Trinajstić information content (AvgIpc) is 3.53. The van der Waals surface area contributed by atoms with Crippen molar-refractivity contribution in [2.45, 2.75) is 82.8 Å². The lowest BCUT2D eigenvalue weighted by Gasteiger charge is -2.48. The van der Waals surface area contributed by atoms with Crippen LogP contribution in [-0.2, 0) is 22.4 Å². The second-order valence-corrected chi connectivity index (χ2v) is 11.5. The normalized spacial score (nSPS) is 18.2. The molecule has 3 amide bonds. The van der Waals surface area contributed by atoms with Crippen LogP contribution >= 0.6 is 12.8 Å². The Morgan fingerprint density at radius 1 is 1.20 bits per heavy atom. The summed E-state index contributed by atoms with van der Waals surface area (Å²) in [5, 5.41) is 2.89. The molecule has 0 bridgehead atoms.